The molecule has 0 bridgehead atoms. The number of hydrogen-bond donors (Lipinski definition) is 0. The van der Waals surface area contributed by atoms with Crippen LogP contribution in [-0.2, 0) is 11.7 Å². The third-order valence-electron chi connectivity index (χ3n) is 9.57. The Labute approximate surface area is 288 Å². The van der Waals surface area contributed by atoms with E-state index in [0.717, 1.165) is 50.6 Å². The van der Waals surface area contributed by atoms with Crippen molar-refractivity contribution in [3.05, 3.63) is 174 Å². The van der Waals surface area contributed by atoms with Crippen LogP contribution in [0.2, 0.25) is 0 Å². The maximum Gasteiger partial charge on any atom is 0.416 e. The largest absolute Gasteiger partial charge is 0.416 e. The number of rotatable bonds is 7. The average molecular weight is 667 g/mol. The molecule has 0 saturated carbocycles. The fourth-order valence-electron chi connectivity index (χ4n) is 7.12. The Morgan fingerprint density at radius 3 is 1.72 bits per heavy atom. The number of halogens is 3. The van der Waals surface area contributed by atoms with Gasteiger partial charge in [0, 0.05) is 49.0 Å². The molecular weight excluding hydrogens is 633 g/mol. The lowest BCUT2D eigenvalue weighted by Crippen LogP contribution is -2.47. The summed E-state index contributed by atoms with van der Waals surface area (Å²) in [7, 11) is 0. The smallest absolute Gasteiger partial charge is 0.368 e. The predicted octanol–water partition coefficient (Wildman–Crippen LogP) is 8.68. The van der Waals surface area contributed by atoms with Gasteiger partial charge in [0.2, 0.25) is 0 Å². The molecule has 5 aromatic carbocycles. The van der Waals surface area contributed by atoms with Crippen molar-refractivity contribution in [1.82, 2.24) is 19.7 Å². The zero-order valence-corrected chi connectivity index (χ0v) is 27.1. The zero-order chi connectivity index (χ0) is 34.1. The van der Waals surface area contributed by atoms with Gasteiger partial charge in [0.1, 0.15) is 17.7 Å². The number of fused-ring (bicyclic) bond motifs is 1. The maximum absolute atomic E-state index is 13.4. The first-order valence-electron chi connectivity index (χ1n) is 16.6. The molecule has 3 heterocycles. The molecule has 0 N–H and O–H groups in total. The number of anilines is 2. The molecule has 0 aliphatic carbocycles. The SMILES string of the molecule is FC(F)(F)c1cccc(N2CCN(c3ncnc4ccc(-c5cnn(C(c6ccccc6)(c6ccccc6)c6ccccc6)c5)cc34)CC2)c1. The van der Waals surface area contributed by atoms with Crippen LogP contribution in [0, 0.1) is 0 Å². The molecule has 9 heteroatoms. The van der Waals surface area contributed by atoms with E-state index < -0.39 is 17.3 Å². The van der Waals surface area contributed by atoms with Crippen molar-refractivity contribution < 1.29 is 13.2 Å². The molecule has 0 amide bonds. The van der Waals surface area contributed by atoms with E-state index in [1.165, 1.54) is 12.1 Å². The number of nitrogens with zero attached hydrogens (tertiary/aromatic N) is 6. The van der Waals surface area contributed by atoms with Crippen molar-refractivity contribution in [1.29, 1.82) is 0 Å². The zero-order valence-electron chi connectivity index (χ0n) is 27.1. The molecule has 6 nitrogen and oxygen atoms in total. The number of aromatic nitrogens is 4. The summed E-state index contributed by atoms with van der Waals surface area (Å²) in [6.45, 7) is 2.36. The Kier molecular flexibility index (Phi) is 8.03. The summed E-state index contributed by atoms with van der Waals surface area (Å²) in [4.78, 5) is 13.4. The summed E-state index contributed by atoms with van der Waals surface area (Å²) in [5.41, 5.74) is 5.22. The summed E-state index contributed by atoms with van der Waals surface area (Å²) < 4.78 is 42.2. The van der Waals surface area contributed by atoms with Crippen LogP contribution in [0.25, 0.3) is 22.0 Å². The molecule has 0 unspecified atom stereocenters. The molecule has 0 atom stereocenters. The van der Waals surface area contributed by atoms with E-state index in [9.17, 15) is 13.2 Å². The van der Waals surface area contributed by atoms with Crippen molar-refractivity contribution in [2.24, 2.45) is 0 Å². The second-order valence-corrected chi connectivity index (χ2v) is 12.4. The molecular formula is C41H33F3N6. The second kappa shape index (κ2) is 12.8. The van der Waals surface area contributed by atoms with E-state index in [0.29, 0.717) is 31.9 Å². The Morgan fingerprint density at radius 1 is 0.540 bits per heavy atom. The third-order valence-corrected chi connectivity index (χ3v) is 9.57. The van der Waals surface area contributed by atoms with E-state index in [4.69, 9.17) is 10.1 Å². The monoisotopic (exact) mass is 666 g/mol. The van der Waals surface area contributed by atoms with E-state index in [1.54, 1.807) is 12.4 Å². The van der Waals surface area contributed by atoms with Crippen molar-refractivity contribution in [2.75, 3.05) is 36.0 Å². The van der Waals surface area contributed by atoms with Crippen molar-refractivity contribution >= 4 is 22.4 Å². The van der Waals surface area contributed by atoms with Crippen LogP contribution in [0.1, 0.15) is 22.3 Å². The molecule has 2 aromatic heterocycles. The molecule has 1 fully saturated rings. The van der Waals surface area contributed by atoms with Gasteiger partial charge in [0.05, 0.1) is 17.3 Å². The van der Waals surface area contributed by atoms with E-state index in [2.05, 4.69) is 106 Å². The number of hydrogen-bond acceptors (Lipinski definition) is 5. The Hall–Kier alpha value is -5.96. The van der Waals surface area contributed by atoms with Gasteiger partial charge < -0.3 is 9.80 Å². The van der Waals surface area contributed by atoms with Crippen LogP contribution in [0.4, 0.5) is 24.7 Å². The van der Waals surface area contributed by atoms with Crippen LogP contribution in [0.15, 0.2) is 152 Å². The quantitative estimate of drug-likeness (QED) is 0.159. The minimum atomic E-state index is -4.38. The summed E-state index contributed by atoms with van der Waals surface area (Å²) >= 11 is 0. The van der Waals surface area contributed by atoms with E-state index >= 15 is 0 Å². The number of benzene rings is 5. The van der Waals surface area contributed by atoms with Crippen LogP contribution in [0.3, 0.4) is 0 Å². The Bertz CT molecular complexity index is 2130. The highest BCUT2D eigenvalue weighted by molar-refractivity contribution is 5.93. The fourth-order valence-corrected chi connectivity index (χ4v) is 7.12. The van der Waals surface area contributed by atoms with Crippen LogP contribution >= 0.6 is 0 Å². The van der Waals surface area contributed by atoms with Gasteiger partial charge in [0.15, 0.2) is 0 Å². The minimum absolute atomic E-state index is 0.569. The molecule has 0 spiro atoms. The normalized spacial score (nSPS) is 13.9. The van der Waals surface area contributed by atoms with Gasteiger partial charge in [-0.3, -0.25) is 4.68 Å². The molecule has 1 aliphatic rings. The molecule has 1 aliphatic heterocycles. The molecule has 50 heavy (non-hydrogen) atoms. The lowest BCUT2D eigenvalue weighted by Gasteiger charge is -2.37. The maximum atomic E-state index is 13.4. The molecule has 8 rings (SSSR count). The average Bonchev–Trinajstić information content (AvgIpc) is 3.66. The first-order chi connectivity index (χ1) is 24.4. The van der Waals surface area contributed by atoms with Gasteiger partial charge in [-0.15, -0.1) is 0 Å². The van der Waals surface area contributed by atoms with Crippen molar-refractivity contribution in [3.8, 4) is 11.1 Å². The Balaban J connectivity index is 1.15. The first kappa shape index (κ1) is 31.3. The summed E-state index contributed by atoms with van der Waals surface area (Å²) in [5.74, 6) is 0.806. The lowest BCUT2D eigenvalue weighted by atomic mass is 9.77. The summed E-state index contributed by atoms with van der Waals surface area (Å²) in [6, 6.07) is 43.0. The first-order valence-corrected chi connectivity index (χ1v) is 16.6. The second-order valence-electron chi connectivity index (χ2n) is 12.4. The standard InChI is InChI=1S/C41H33F3N6/c42-41(43,44)35-17-10-18-36(26-35)48-21-23-49(24-22-48)39-37-25-30(19-20-38(37)45-29-46-39)31-27-47-50(28-31)40(32-11-4-1-5-12-32,33-13-6-2-7-14-33)34-15-8-3-9-16-34/h1-20,25-29H,21-24H2. The third kappa shape index (κ3) is 5.64. The highest BCUT2D eigenvalue weighted by Crippen LogP contribution is 2.41. The van der Waals surface area contributed by atoms with E-state index in [1.807, 2.05) is 35.4 Å². The molecule has 1 saturated heterocycles. The van der Waals surface area contributed by atoms with Crippen LogP contribution < -0.4 is 9.80 Å². The lowest BCUT2D eigenvalue weighted by molar-refractivity contribution is -0.137. The topological polar surface area (TPSA) is 50.1 Å². The number of alkyl halides is 3. The van der Waals surface area contributed by atoms with Crippen molar-refractivity contribution in [3.63, 3.8) is 0 Å². The predicted molar refractivity (Wildman–Crippen MR) is 191 cm³/mol. The molecule has 0 radical (unpaired) electrons. The summed E-state index contributed by atoms with van der Waals surface area (Å²) in [5, 5.41) is 5.95. The number of piperazine rings is 1. The molecule has 7 aromatic rings. The van der Waals surface area contributed by atoms with E-state index in [-0.39, 0.29) is 0 Å². The highest BCUT2D eigenvalue weighted by Gasteiger charge is 2.39. The summed E-state index contributed by atoms with van der Waals surface area (Å²) in [6.07, 6.45) is 1.20. The highest BCUT2D eigenvalue weighted by atomic mass is 19.4. The van der Waals surface area contributed by atoms with Gasteiger partial charge in [-0.1, -0.05) is 103 Å². The van der Waals surface area contributed by atoms with Crippen molar-refractivity contribution in [2.45, 2.75) is 11.7 Å². The van der Waals surface area contributed by atoms with Gasteiger partial charge in [0.25, 0.3) is 0 Å². The van der Waals surface area contributed by atoms with Gasteiger partial charge in [-0.05, 0) is 52.6 Å². The van der Waals surface area contributed by atoms with Crippen LogP contribution in [-0.4, -0.2) is 45.9 Å². The molecule has 248 valence electrons. The Morgan fingerprint density at radius 2 is 1.12 bits per heavy atom. The van der Waals surface area contributed by atoms with Gasteiger partial charge in [-0.2, -0.15) is 18.3 Å². The minimum Gasteiger partial charge on any atom is -0.368 e. The van der Waals surface area contributed by atoms with Gasteiger partial charge in [-0.25, -0.2) is 9.97 Å². The van der Waals surface area contributed by atoms with Crippen LogP contribution in [0.5, 0.6) is 0 Å². The fraction of sp³-hybridized carbons (Fsp3) is 0.146. The van der Waals surface area contributed by atoms with Gasteiger partial charge >= 0.3 is 6.18 Å².